The number of aliphatic carboxylic acids is 1. The van der Waals surface area contributed by atoms with Crippen LogP contribution in [-0.4, -0.2) is 20.9 Å². The van der Waals surface area contributed by atoms with E-state index in [1.807, 2.05) is 54.2 Å². The lowest BCUT2D eigenvalue weighted by Gasteiger charge is -2.14. The maximum atomic E-state index is 11.1. The highest BCUT2D eigenvalue weighted by atomic mass is 16.5. The molecule has 5 heteroatoms. The van der Waals surface area contributed by atoms with Gasteiger partial charge in [0.25, 0.3) is 0 Å². The van der Waals surface area contributed by atoms with Gasteiger partial charge < -0.3 is 9.84 Å². The molecule has 0 fully saturated rings. The van der Waals surface area contributed by atoms with Crippen LogP contribution >= 0.6 is 0 Å². The van der Waals surface area contributed by atoms with E-state index in [1.165, 1.54) is 5.56 Å². The van der Waals surface area contributed by atoms with Gasteiger partial charge in [0.2, 0.25) is 0 Å². The maximum absolute atomic E-state index is 11.1. The molecule has 0 aliphatic carbocycles. The van der Waals surface area contributed by atoms with Crippen LogP contribution in [0.25, 0.3) is 10.9 Å². The summed E-state index contributed by atoms with van der Waals surface area (Å²) in [4.78, 5) is 11.1. The van der Waals surface area contributed by atoms with E-state index < -0.39 is 5.97 Å². The Morgan fingerprint density at radius 2 is 1.93 bits per heavy atom. The highest BCUT2D eigenvalue weighted by Gasteiger charge is 2.14. The van der Waals surface area contributed by atoms with Crippen LogP contribution in [0.2, 0.25) is 0 Å². The number of allylic oxidation sites excluding steroid dienone is 2. The van der Waals surface area contributed by atoms with E-state index >= 15 is 0 Å². The molecule has 3 aromatic rings. The number of carboxylic acid groups (broad SMARTS) is 1. The number of nitrogens with zero attached hydrogens (tertiary/aromatic N) is 2. The third kappa shape index (κ3) is 4.67. The molecule has 1 aromatic heterocycles. The predicted molar refractivity (Wildman–Crippen MR) is 115 cm³/mol. The molecule has 0 saturated carbocycles. The average Bonchev–Trinajstić information content (AvgIpc) is 3.13. The van der Waals surface area contributed by atoms with E-state index in [-0.39, 0.29) is 12.3 Å². The zero-order chi connectivity index (χ0) is 21.0. The van der Waals surface area contributed by atoms with E-state index in [2.05, 4.69) is 38.0 Å². The van der Waals surface area contributed by atoms with Crippen molar-refractivity contribution in [3.05, 3.63) is 71.4 Å². The van der Waals surface area contributed by atoms with Crippen LogP contribution in [0.5, 0.6) is 5.75 Å². The highest BCUT2D eigenvalue weighted by Crippen LogP contribution is 2.27. The lowest BCUT2D eigenvalue weighted by Crippen LogP contribution is -2.06. The van der Waals surface area contributed by atoms with Crippen molar-refractivity contribution in [2.24, 2.45) is 0 Å². The first-order chi connectivity index (χ1) is 13.9. The summed E-state index contributed by atoms with van der Waals surface area (Å²) in [7, 11) is 0. The van der Waals surface area contributed by atoms with Crippen LogP contribution < -0.4 is 4.74 Å². The number of benzene rings is 2. The highest BCUT2D eigenvalue weighted by molar-refractivity contribution is 5.83. The molecular formula is C24H28N2O3. The van der Waals surface area contributed by atoms with Gasteiger partial charge in [-0.3, -0.25) is 9.48 Å². The fourth-order valence-electron chi connectivity index (χ4n) is 3.59. The second-order valence-corrected chi connectivity index (χ2v) is 7.56. The second-order valence-electron chi connectivity index (χ2n) is 7.56. The number of hydrogen-bond donors (Lipinski definition) is 1. The molecule has 0 saturated heterocycles. The van der Waals surface area contributed by atoms with Crippen molar-refractivity contribution in [2.45, 2.75) is 52.7 Å². The van der Waals surface area contributed by atoms with Gasteiger partial charge in [-0.1, -0.05) is 36.4 Å². The molecule has 1 heterocycles. The lowest BCUT2D eigenvalue weighted by molar-refractivity contribution is -0.137. The summed E-state index contributed by atoms with van der Waals surface area (Å²) < 4.78 is 8.06. The van der Waals surface area contributed by atoms with Crippen molar-refractivity contribution in [3.8, 4) is 5.75 Å². The Morgan fingerprint density at radius 3 is 2.55 bits per heavy atom. The SMILES string of the molecule is CC=C[C@H](CC(=O)O)c1ccc(OCc2ccc3cnn(C(C)C)c3c2C)cc1. The largest absolute Gasteiger partial charge is 0.489 e. The van der Waals surface area contributed by atoms with E-state index in [1.54, 1.807) is 0 Å². The van der Waals surface area contributed by atoms with E-state index in [4.69, 9.17) is 9.84 Å². The fourth-order valence-corrected chi connectivity index (χ4v) is 3.59. The Morgan fingerprint density at radius 1 is 1.21 bits per heavy atom. The van der Waals surface area contributed by atoms with Crippen molar-refractivity contribution in [1.29, 1.82) is 0 Å². The Hall–Kier alpha value is -3.08. The minimum absolute atomic E-state index is 0.0767. The minimum atomic E-state index is -0.806. The summed E-state index contributed by atoms with van der Waals surface area (Å²) in [6, 6.07) is 12.2. The van der Waals surface area contributed by atoms with E-state index in [0.717, 1.165) is 27.8 Å². The molecule has 0 bridgehead atoms. The maximum Gasteiger partial charge on any atom is 0.304 e. The first kappa shape index (κ1) is 20.6. The first-order valence-electron chi connectivity index (χ1n) is 9.93. The summed E-state index contributed by atoms with van der Waals surface area (Å²) in [5.41, 5.74) is 4.43. The Balaban J connectivity index is 1.75. The standard InChI is InChI=1S/C24H28N2O3/c1-5-6-19(13-23(27)28)18-9-11-22(12-10-18)29-15-21-8-7-20-14-25-26(16(2)3)24(20)17(21)4/h5-12,14,16,19H,13,15H2,1-4H3,(H,27,28)/t19-/m1/s1. The van der Waals surface area contributed by atoms with Gasteiger partial charge in [0.15, 0.2) is 0 Å². The number of carbonyl (C=O) groups is 1. The van der Waals surface area contributed by atoms with E-state index in [9.17, 15) is 4.79 Å². The van der Waals surface area contributed by atoms with Crippen LogP contribution in [-0.2, 0) is 11.4 Å². The third-order valence-electron chi connectivity index (χ3n) is 5.14. The summed E-state index contributed by atoms with van der Waals surface area (Å²) in [6.45, 7) is 8.73. The Bertz CT molecular complexity index is 1020. The second kappa shape index (κ2) is 8.95. The van der Waals surface area contributed by atoms with Crippen molar-refractivity contribution in [2.75, 3.05) is 0 Å². The number of ether oxygens (including phenoxy) is 1. The summed E-state index contributed by atoms with van der Waals surface area (Å²) in [5.74, 6) is -0.173. The van der Waals surface area contributed by atoms with Gasteiger partial charge in [0.1, 0.15) is 12.4 Å². The molecule has 5 nitrogen and oxygen atoms in total. The van der Waals surface area contributed by atoms with Gasteiger partial charge in [-0.05, 0) is 56.5 Å². The monoisotopic (exact) mass is 392 g/mol. The zero-order valence-corrected chi connectivity index (χ0v) is 17.4. The quantitative estimate of drug-likeness (QED) is 0.504. The minimum Gasteiger partial charge on any atom is -0.489 e. The number of carboxylic acids is 1. The molecule has 0 spiro atoms. The van der Waals surface area contributed by atoms with Gasteiger partial charge in [-0.25, -0.2) is 0 Å². The lowest BCUT2D eigenvalue weighted by atomic mass is 9.95. The molecule has 3 rings (SSSR count). The molecule has 1 atom stereocenters. The number of aromatic nitrogens is 2. The molecule has 0 radical (unpaired) electrons. The Kier molecular flexibility index (Phi) is 6.37. The van der Waals surface area contributed by atoms with Crippen LogP contribution in [0.15, 0.2) is 54.7 Å². The number of rotatable bonds is 8. The molecule has 2 aromatic carbocycles. The first-order valence-corrected chi connectivity index (χ1v) is 9.93. The third-order valence-corrected chi connectivity index (χ3v) is 5.14. The number of aryl methyl sites for hydroxylation is 1. The summed E-state index contributed by atoms with van der Waals surface area (Å²) in [5, 5.41) is 14.8. The van der Waals surface area contributed by atoms with Crippen LogP contribution in [0, 0.1) is 6.92 Å². The van der Waals surface area contributed by atoms with Crippen molar-refractivity contribution >= 4 is 16.9 Å². The van der Waals surface area contributed by atoms with Crippen molar-refractivity contribution in [1.82, 2.24) is 9.78 Å². The van der Waals surface area contributed by atoms with Crippen LogP contribution in [0.3, 0.4) is 0 Å². The van der Waals surface area contributed by atoms with Gasteiger partial charge in [0, 0.05) is 17.3 Å². The average molecular weight is 392 g/mol. The van der Waals surface area contributed by atoms with Crippen molar-refractivity contribution in [3.63, 3.8) is 0 Å². The summed E-state index contributed by atoms with van der Waals surface area (Å²) >= 11 is 0. The van der Waals surface area contributed by atoms with Gasteiger partial charge in [0.05, 0.1) is 18.1 Å². The smallest absolute Gasteiger partial charge is 0.304 e. The molecule has 0 amide bonds. The molecule has 0 unspecified atom stereocenters. The van der Waals surface area contributed by atoms with Crippen LogP contribution in [0.4, 0.5) is 0 Å². The van der Waals surface area contributed by atoms with E-state index in [0.29, 0.717) is 12.6 Å². The molecule has 1 N–H and O–H groups in total. The van der Waals surface area contributed by atoms with Gasteiger partial charge in [-0.15, -0.1) is 0 Å². The molecule has 0 aliphatic heterocycles. The Labute approximate surface area is 171 Å². The predicted octanol–water partition coefficient (Wildman–Crippen LogP) is 5.64. The van der Waals surface area contributed by atoms with Crippen molar-refractivity contribution < 1.29 is 14.6 Å². The van der Waals surface area contributed by atoms with Gasteiger partial charge >= 0.3 is 5.97 Å². The normalized spacial score (nSPS) is 12.7. The number of hydrogen-bond acceptors (Lipinski definition) is 3. The molecule has 152 valence electrons. The van der Waals surface area contributed by atoms with Gasteiger partial charge in [-0.2, -0.15) is 5.10 Å². The molecule has 0 aliphatic rings. The zero-order valence-electron chi connectivity index (χ0n) is 17.4. The molecular weight excluding hydrogens is 364 g/mol. The molecule has 29 heavy (non-hydrogen) atoms. The summed E-state index contributed by atoms with van der Waals surface area (Å²) in [6.07, 6.45) is 5.79. The van der Waals surface area contributed by atoms with Crippen LogP contribution in [0.1, 0.15) is 55.8 Å². The topological polar surface area (TPSA) is 64.3 Å². The fraction of sp³-hybridized carbons (Fsp3) is 0.333. The number of fused-ring (bicyclic) bond motifs is 1.